The Morgan fingerprint density at radius 3 is 2.34 bits per heavy atom. The highest BCUT2D eigenvalue weighted by atomic mass is 79.9. The minimum Gasteiger partial charge on any atom is -0.497 e. The summed E-state index contributed by atoms with van der Waals surface area (Å²) in [5.74, 6) is 0.831. The molecule has 1 unspecified atom stereocenters. The first-order chi connectivity index (χ1) is 15.6. The van der Waals surface area contributed by atoms with Crippen molar-refractivity contribution in [1.29, 1.82) is 0 Å². The minimum absolute atomic E-state index is 0.0493. The summed E-state index contributed by atoms with van der Waals surface area (Å²) in [7, 11) is 1.67. The van der Waals surface area contributed by atoms with Crippen LogP contribution in [0.15, 0.2) is 87.8 Å². The lowest BCUT2D eigenvalue weighted by Crippen LogP contribution is -2.18. The number of hydrogen-bond acceptors (Lipinski definition) is 5. The molecular weight excluding hydrogens is 506 g/mol. The maximum Gasteiger partial charge on any atom is 0.207 e. The Morgan fingerprint density at radius 2 is 1.66 bits per heavy atom. The lowest BCUT2D eigenvalue weighted by molar-refractivity contribution is 0.415. The molecule has 4 aromatic rings. The molecule has 32 heavy (non-hydrogen) atoms. The lowest BCUT2D eigenvalue weighted by Gasteiger charge is -2.21. The van der Waals surface area contributed by atoms with Crippen molar-refractivity contribution in [3.8, 4) is 17.0 Å². The van der Waals surface area contributed by atoms with E-state index in [0.29, 0.717) is 0 Å². The van der Waals surface area contributed by atoms with E-state index in [0.717, 1.165) is 54.9 Å². The third kappa shape index (κ3) is 4.31. The molecule has 5 rings (SSSR count). The van der Waals surface area contributed by atoms with Crippen molar-refractivity contribution >= 4 is 49.7 Å². The van der Waals surface area contributed by atoms with Crippen molar-refractivity contribution in [2.24, 2.45) is 5.10 Å². The highest BCUT2D eigenvalue weighted by Crippen LogP contribution is 2.39. The number of methoxy groups -OCH3 is 1. The molecule has 0 saturated carbocycles. The summed E-state index contributed by atoms with van der Waals surface area (Å²) in [5.41, 5.74) is 5.28. The van der Waals surface area contributed by atoms with E-state index in [-0.39, 0.29) is 6.04 Å². The zero-order valence-electron chi connectivity index (χ0n) is 17.2. The summed E-state index contributed by atoms with van der Waals surface area (Å²) in [5, 5.41) is 10.7. The van der Waals surface area contributed by atoms with Gasteiger partial charge in [0, 0.05) is 26.9 Å². The molecule has 0 spiro atoms. The van der Waals surface area contributed by atoms with Gasteiger partial charge in [0.15, 0.2) is 0 Å². The number of hydrazone groups is 1. The number of ether oxygens (including phenoxy) is 1. The van der Waals surface area contributed by atoms with Crippen LogP contribution >= 0.6 is 38.9 Å². The Hall–Kier alpha value is -2.67. The molecule has 0 saturated heterocycles. The van der Waals surface area contributed by atoms with Crippen LogP contribution in [0, 0.1) is 0 Å². The topological polar surface area (TPSA) is 37.7 Å². The van der Waals surface area contributed by atoms with Crippen LogP contribution in [0.3, 0.4) is 0 Å². The van der Waals surface area contributed by atoms with E-state index in [1.54, 1.807) is 18.4 Å². The Morgan fingerprint density at radius 1 is 0.969 bits per heavy atom. The standard InChI is InChI=1S/C25H19BrClN3OS/c1-31-21-12-6-16(7-13-21)22-14-24(18-4-10-20(27)11-5-18)30(29-22)25-28-23(15-32-25)17-2-8-19(26)9-3-17/h2-13,15,24H,14H2,1H3. The van der Waals surface area contributed by atoms with Crippen molar-refractivity contribution in [1.82, 2.24) is 4.98 Å². The molecule has 1 aliphatic heterocycles. The number of benzene rings is 3. The average Bonchev–Trinajstić information content (AvgIpc) is 3.48. The van der Waals surface area contributed by atoms with Gasteiger partial charge in [-0.15, -0.1) is 11.3 Å². The molecule has 0 fully saturated rings. The summed E-state index contributed by atoms with van der Waals surface area (Å²) in [6, 6.07) is 24.3. The zero-order valence-corrected chi connectivity index (χ0v) is 20.4. The summed E-state index contributed by atoms with van der Waals surface area (Å²) >= 11 is 11.2. The van der Waals surface area contributed by atoms with E-state index in [9.17, 15) is 0 Å². The van der Waals surface area contributed by atoms with Crippen molar-refractivity contribution in [2.45, 2.75) is 12.5 Å². The van der Waals surface area contributed by atoms with Gasteiger partial charge in [-0.2, -0.15) is 5.10 Å². The lowest BCUT2D eigenvalue weighted by atomic mass is 9.98. The summed E-state index contributed by atoms with van der Waals surface area (Å²) in [6.07, 6.45) is 0.779. The van der Waals surface area contributed by atoms with Gasteiger partial charge in [0.05, 0.1) is 24.6 Å². The number of thiazole rings is 1. The normalized spacial score (nSPS) is 15.7. The highest BCUT2D eigenvalue weighted by Gasteiger charge is 2.31. The first-order valence-corrected chi connectivity index (χ1v) is 12.1. The first-order valence-electron chi connectivity index (χ1n) is 10.1. The zero-order chi connectivity index (χ0) is 22.1. The molecule has 7 heteroatoms. The number of nitrogens with zero attached hydrogens (tertiary/aromatic N) is 3. The molecule has 160 valence electrons. The SMILES string of the molecule is COc1ccc(C2=NN(c3nc(-c4ccc(Br)cc4)cs3)C(c3ccc(Cl)cc3)C2)cc1. The van der Waals surface area contributed by atoms with Gasteiger partial charge in [-0.05, 0) is 59.7 Å². The van der Waals surface area contributed by atoms with E-state index in [1.165, 1.54) is 0 Å². The van der Waals surface area contributed by atoms with Gasteiger partial charge < -0.3 is 4.74 Å². The van der Waals surface area contributed by atoms with Gasteiger partial charge in [-0.25, -0.2) is 9.99 Å². The molecule has 3 aromatic carbocycles. The van der Waals surface area contributed by atoms with Crippen molar-refractivity contribution < 1.29 is 4.74 Å². The van der Waals surface area contributed by atoms with Crippen LogP contribution in [0.2, 0.25) is 5.02 Å². The molecule has 2 heterocycles. The number of anilines is 1. The first kappa shape index (κ1) is 21.2. The summed E-state index contributed by atoms with van der Waals surface area (Å²) in [6.45, 7) is 0. The van der Waals surface area contributed by atoms with E-state index < -0.39 is 0 Å². The number of hydrogen-bond donors (Lipinski definition) is 0. The maximum atomic E-state index is 6.14. The second-order valence-corrected chi connectivity index (χ2v) is 9.60. The monoisotopic (exact) mass is 523 g/mol. The molecule has 1 atom stereocenters. The number of halogens is 2. The summed E-state index contributed by atoms with van der Waals surface area (Å²) in [4.78, 5) is 4.92. The third-order valence-electron chi connectivity index (χ3n) is 5.42. The van der Waals surface area contributed by atoms with Crippen LogP contribution < -0.4 is 9.75 Å². The summed E-state index contributed by atoms with van der Waals surface area (Å²) < 4.78 is 6.35. The second kappa shape index (κ2) is 9.06. The smallest absolute Gasteiger partial charge is 0.207 e. The molecule has 4 nitrogen and oxygen atoms in total. The van der Waals surface area contributed by atoms with Gasteiger partial charge in [0.2, 0.25) is 5.13 Å². The van der Waals surface area contributed by atoms with Gasteiger partial charge in [0.25, 0.3) is 0 Å². The maximum absolute atomic E-state index is 6.14. The predicted octanol–water partition coefficient (Wildman–Crippen LogP) is 7.59. The Bertz CT molecular complexity index is 1250. The van der Waals surface area contributed by atoms with Gasteiger partial charge in [0.1, 0.15) is 5.75 Å². The average molecular weight is 525 g/mol. The van der Waals surface area contributed by atoms with Crippen LogP contribution in [0.5, 0.6) is 5.75 Å². The quantitative estimate of drug-likeness (QED) is 0.270. The fourth-order valence-corrected chi connectivity index (χ4v) is 4.94. The van der Waals surface area contributed by atoms with Gasteiger partial charge in [-0.3, -0.25) is 0 Å². The van der Waals surface area contributed by atoms with Crippen molar-refractivity contribution in [2.75, 3.05) is 12.1 Å². The van der Waals surface area contributed by atoms with Crippen molar-refractivity contribution in [3.05, 3.63) is 98.8 Å². The van der Waals surface area contributed by atoms with Crippen LogP contribution in [0.1, 0.15) is 23.6 Å². The molecular formula is C25H19BrClN3OS. The van der Waals surface area contributed by atoms with E-state index in [2.05, 4.69) is 57.7 Å². The Labute approximate surface area is 204 Å². The minimum atomic E-state index is 0.0493. The Balaban J connectivity index is 1.51. The van der Waals surface area contributed by atoms with E-state index >= 15 is 0 Å². The largest absolute Gasteiger partial charge is 0.497 e. The number of aromatic nitrogens is 1. The molecule has 1 aromatic heterocycles. The van der Waals surface area contributed by atoms with Crippen LogP contribution in [0.4, 0.5) is 5.13 Å². The van der Waals surface area contributed by atoms with Gasteiger partial charge in [-0.1, -0.05) is 51.8 Å². The van der Waals surface area contributed by atoms with E-state index in [4.69, 9.17) is 26.4 Å². The molecule has 0 bridgehead atoms. The fourth-order valence-electron chi connectivity index (χ4n) is 3.71. The third-order valence-corrected chi connectivity index (χ3v) is 7.03. The van der Waals surface area contributed by atoms with Crippen LogP contribution in [-0.2, 0) is 0 Å². The second-order valence-electron chi connectivity index (χ2n) is 7.41. The highest BCUT2D eigenvalue weighted by molar-refractivity contribution is 9.10. The molecule has 0 aliphatic carbocycles. The van der Waals surface area contributed by atoms with Crippen LogP contribution in [0.25, 0.3) is 11.3 Å². The fraction of sp³-hybridized carbons (Fsp3) is 0.120. The van der Waals surface area contributed by atoms with Crippen molar-refractivity contribution in [3.63, 3.8) is 0 Å². The van der Waals surface area contributed by atoms with Gasteiger partial charge >= 0.3 is 0 Å². The molecule has 0 N–H and O–H groups in total. The predicted molar refractivity (Wildman–Crippen MR) is 136 cm³/mol. The number of rotatable bonds is 5. The Kier molecular flexibility index (Phi) is 6.00. The van der Waals surface area contributed by atoms with E-state index in [1.807, 2.05) is 41.4 Å². The molecule has 0 radical (unpaired) electrons. The molecule has 1 aliphatic rings. The van der Waals surface area contributed by atoms with Crippen LogP contribution in [-0.4, -0.2) is 17.8 Å². The molecule has 0 amide bonds.